The third-order valence-corrected chi connectivity index (χ3v) is 4.05. The van der Waals surface area contributed by atoms with E-state index in [-0.39, 0.29) is 5.43 Å². The standard InChI is InChI=1S/C20H19N5O2/c21-12-10-17(23-15-4-2-1-3-5-15)19-18(26)11-13-25(24-19)16-8-6-14(7-9-16)20(22)27/h1-9,11-13,17,21,23H,10H2,(H2,22,27). The number of carbonyl (C=O) groups excluding carboxylic acids is 1. The quantitative estimate of drug-likeness (QED) is 0.561. The summed E-state index contributed by atoms with van der Waals surface area (Å²) in [5, 5.41) is 15.2. The third-order valence-electron chi connectivity index (χ3n) is 4.05. The fraction of sp³-hybridized carbons (Fsp3) is 0.100. The average Bonchev–Trinajstić information content (AvgIpc) is 2.69. The van der Waals surface area contributed by atoms with Crippen molar-refractivity contribution in [3.8, 4) is 5.69 Å². The number of nitrogens with zero attached hydrogens (tertiary/aromatic N) is 2. The van der Waals surface area contributed by atoms with Gasteiger partial charge < -0.3 is 16.5 Å². The van der Waals surface area contributed by atoms with Crippen LogP contribution in [0.5, 0.6) is 0 Å². The van der Waals surface area contributed by atoms with Gasteiger partial charge in [0.2, 0.25) is 11.3 Å². The molecular formula is C20H19N5O2. The van der Waals surface area contributed by atoms with Crippen LogP contribution >= 0.6 is 0 Å². The highest BCUT2D eigenvalue weighted by Gasteiger charge is 2.17. The van der Waals surface area contributed by atoms with Crippen molar-refractivity contribution in [2.24, 2.45) is 5.73 Å². The van der Waals surface area contributed by atoms with Gasteiger partial charge in [-0.3, -0.25) is 9.59 Å². The number of hydrogen-bond donors (Lipinski definition) is 3. The molecule has 0 aliphatic heterocycles. The summed E-state index contributed by atoms with van der Waals surface area (Å²) in [6.45, 7) is 0. The molecule has 1 atom stereocenters. The summed E-state index contributed by atoms with van der Waals surface area (Å²) in [4.78, 5) is 23.6. The monoisotopic (exact) mass is 361 g/mol. The summed E-state index contributed by atoms with van der Waals surface area (Å²) in [6.07, 6.45) is 3.14. The van der Waals surface area contributed by atoms with Gasteiger partial charge in [-0.1, -0.05) is 18.2 Å². The third kappa shape index (κ3) is 4.27. The van der Waals surface area contributed by atoms with Crippen LogP contribution in [0.1, 0.15) is 28.5 Å². The summed E-state index contributed by atoms with van der Waals surface area (Å²) in [5.41, 5.74) is 7.28. The minimum Gasteiger partial charge on any atom is -0.376 e. The van der Waals surface area contributed by atoms with E-state index >= 15 is 0 Å². The first kappa shape index (κ1) is 18.1. The second-order valence-electron chi connectivity index (χ2n) is 5.92. The van der Waals surface area contributed by atoms with Crippen molar-refractivity contribution in [2.75, 3.05) is 5.32 Å². The first-order chi connectivity index (χ1) is 13.1. The number of rotatable bonds is 7. The molecule has 4 N–H and O–H groups in total. The molecule has 0 saturated carbocycles. The molecule has 1 heterocycles. The summed E-state index contributed by atoms with van der Waals surface area (Å²) in [7, 11) is 0. The molecule has 0 fully saturated rings. The Morgan fingerprint density at radius 3 is 2.48 bits per heavy atom. The molecule has 0 saturated heterocycles. The van der Waals surface area contributed by atoms with Gasteiger partial charge >= 0.3 is 0 Å². The summed E-state index contributed by atoms with van der Waals surface area (Å²) in [5.74, 6) is -0.506. The molecule has 1 amide bonds. The lowest BCUT2D eigenvalue weighted by atomic mass is 10.1. The first-order valence-corrected chi connectivity index (χ1v) is 8.39. The second-order valence-corrected chi connectivity index (χ2v) is 5.92. The lowest BCUT2D eigenvalue weighted by molar-refractivity contribution is 0.100. The fourth-order valence-electron chi connectivity index (χ4n) is 2.68. The van der Waals surface area contributed by atoms with Crippen LogP contribution in [0.2, 0.25) is 0 Å². The highest BCUT2D eigenvalue weighted by atomic mass is 16.1. The fourth-order valence-corrected chi connectivity index (χ4v) is 2.68. The van der Waals surface area contributed by atoms with Gasteiger partial charge in [-0.2, -0.15) is 5.10 Å². The Kier molecular flexibility index (Phi) is 5.41. The van der Waals surface area contributed by atoms with Crippen LogP contribution in [-0.4, -0.2) is 21.9 Å². The van der Waals surface area contributed by atoms with Crippen LogP contribution < -0.4 is 16.5 Å². The SMILES string of the molecule is N=CCC(Nc1ccccc1)c1nn(-c2ccc(C(N)=O)cc2)ccc1=O. The van der Waals surface area contributed by atoms with Crippen molar-refractivity contribution < 1.29 is 4.79 Å². The molecule has 136 valence electrons. The van der Waals surface area contributed by atoms with Crippen molar-refractivity contribution in [1.82, 2.24) is 9.78 Å². The number of hydrogen-bond acceptors (Lipinski definition) is 5. The van der Waals surface area contributed by atoms with Crippen molar-refractivity contribution in [2.45, 2.75) is 12.5 Å². The predicted octanol–water partition coefficient (Wildman–Crippen LogP) is 2.52. The molecule has 0 spiro atoms. The lowest BCUT2D eigenvalue weighted by Crippen LogP contribution is -2.24. The van der Waals surface area contributed by atoms with Crippen LogP contribution in [0.25, 0.3) is 5.69 Å². The highest BCUT2D eigenvalue weighted by molar-refractivity contribution is 5.92. The first-order valence-electron chi connectivity index (χ1n) is 8.39. The van der Waals surface area contributed by atoms with Crippen molar-refractivity contribution >= 4 is 17.8 Å². The smallest absolute Gasteiger partial charge is 0.248 e. The normalized spacial score (nSPS) is 11.6. The summed E-state index contributed by atoms with van der Waals surface area (Å²) >= 11 is 0. The average molecular weight is 361 g/mol. The number of amides is 1. The zero-order chi connectivity index (χ0) is 19.2. The van der Waals surface area contributed by atoms with Crippen molar-refractivity contribution in [3.05, 3.63) is 88.3 Å². The number of nitrogens with two attached hydrogens (primary N) is 1. The maximum Gasteiger partial charge on any atom is 0.248 e. The van der Waals surface area contributed by atoms with Gasteiger partial charge in [0.15, 0.2) is 0 Å². The van der Waals surface area contributed by atoms with Gasteiger partial charge in [-0.05, 0) is 42.6 Å². The van der Waals surface area contributed by atoms with Crippen LogP contribution in [-0.2, 0) is 0 Å². The summed E-state index contributed by atoms with van der Waals surface area (Å²) in [6, 6.07) is 17.1. The van der Waals surface area contributed by atoms with Crippen molar-refractivity contribution in [3.63, 3.8) is 0 Å². The number of aromatic nitrogens is 2. The molecule has 7 heteroatoms. The van der Waals surface area contributed by atoms with Crippen LogP contribution in [0.15, 0.2) is 71.7 Å². The van der Waals surface area contributed by atoms with E-state index < -0.39 is 11.9 Å². The van der Waals surface area contributed by atoms with E-state index in [1.54, 1.807) is 35.1 Å². The van der Waals surface area contributed by atoms with Crippen molar-refractivity contribution in [1.29, 1.82) is 5.41 Å². The topological polar surface area (TPSA) is 114 Å². The maximum atomic E-state index is 12.4. The molecule has 0 aliphatic carbocycles. The van der Waals surface area contributed by atoms with E-state index in [0.29, 0.717) is 23.4 Å². The minimum absolute atomic E-state index is 0.213. The Morgan fingerprint density at radius 1 is 1.15 bits per heavy atom. The van der Waals surface area contributed by atoms with E-state index in [2.05, 4.69) is 10.4 Å². The zero-order valence-corrected chi connectivity index (χ0v) is 14.5. The van der Waals surface area contributed by atoms with E-state index in [4.69, 9.17) is 11.1 Å². The van der Waals surface area contributed by atoms with Gasteiger partial charge in [0.05, 0.1) is 11.7 Å². The Labute approximate surface area is 156 Å². The minimum atomic E-state index is -0.506. The van der Waals surface area contributed by atoms with Gasteiger partial charge in [0.1, 0.15) is 5.69 Å². The number of nitrogens with one attached hydrogen (secondary N) is 2. The van der Waals surface area contributed by atoms with Gasteiger partial charge in [0, 0.05) is 29.9 Å². The van der Waals surface area contributed by atoms with Crippen LogP contribution in [0.4, 0.5) is 5.69 Å². The molecule has 1 aromatic heterocycles. The number of primary amides is 1. The molecule has 0 aliphatic rings. The maximum absolute atomic E-state index is 12.4. The Bertz CT molecular complexity index is 997. The number of carbonyl (C=O) groups is 1. The Morgan fingerprint density at radius 2 is 1.85 bits per heavy atom. The molecule has 7 nitrogen and oxygen atoms in total. The molecular weight excluding hydrogens is 342 g/mol. The molecule has 1 unspecified atom stereocenters. The Balaban J connectivity index is 1.96. The van der Waals surface area contributed by atoms with E-state index in [1.807, 2.05) is 30.3 Å². The largest absolute Gasteiger partial charge is 0.376 e. The van der Waals surface area contributed by atoms with E-state index in [9.17, 15) is 9.59 Å². The Hall–Kier alpha value is -3.74. The summed E-state index contributed by atoms with van der Waals surface area (Å²) < 4.78 is 1.56. The second kappa shape index (κ2) is 8.09. The molecule has 3 rings (SSSR count). The van der Waals surface area contributed by atoms with Gasteiger partial charge in [0.25, 0.3) is 0 Å². The van der Waals surface area contributed by atoms with Crippen LogP contribution in [0, 0.1) is 5.41 Å². The van der Waals surface area contributed by atoms with E-state index in [1.165, 1.54) is 12.3 Å². The van der Waals surface area contributed by atoms with E-state index in [0.717, 1.165) is 5.69 Å². The van der Waals surface area contributed by atoms with Gasteiger partial charge in [-0.15, -0.1) is 0 Å². The zero-order valence-electron chi connectivity index (χ0n) is 14.5. The number of anilines is 1. The van der Waals surface area contributed by atoms with Gasteiger partial charge in [-0.25, -0.2) is 4.68 Å². The predicted molar refractivity (Wildman–Crippen MR) is 105 cm³/mol. The highest BCUT2D eigenvalue weighted by Crippen LogP contribution is 2.18. The molecule has 0 radical (unpaired) electrons. The number of para-hydroxylation sites is 1. The van der Waals surface area contributed by atoms with Crippen LogP contribution in [0.3, 0.4) is 0 Å². The lowest BCUT2D eigenvalue weighted by Gasteiger charge is -2.18. The molecule has 3 aromatic rings. The molecule has 2 aromatic carbocycles. The molecule has 27 heavy (non-hydrogen) atoms. The molecule has 0 bridgehead atoms. The number of benzene rings is 2.